The monoisotopic (exact) mass is 435 g/mol. The van der Waals surface area contributed by atoms with Gasteiger partial charge < -0.3 is 24.8 Å². The molecule has 0 N–H and O–H groups in total. The van der Waals surface area contributed by atoms with Crippen LogP contribution < -0.4 is 24.8 Å². The van der Waals surface area contributed by atoms with Crippen LogP contribution in [0.5, 0.6) is 0 Å². The van der Waals surface area contributed by atoms with Crippen LogP contribution >= 0.6 is 0 Å². The molecule has 0 aliphatic heterocycles. The molecule has 0 saturated carbocycles. The van der Waals surface area contributed by atoms with Crippen LogP contribution in [0, 0.1) is 0 Å². The Hall–Kier alpha value is -0.357. The van der Waals surface area contributed by atoms with E-state index in [1.165, 1.54) is 24.8 Å². The van der Waals surface area contributed by atoms with Crippen molar-refractivity contribution in [1.29, 1.82) is 0 Å². The molecule has 0 amide bonds. The van der Waals surface area contributed by atoms with Crippen molar-refractivity contribution in [2.45, 2.75) is 42.7 Å². The molecule has 1 atom stereocenters. The van der Waals surface area contributed by atoms with E-state index in [0.29, 0.717) is 3.63 Å². The summed E-state index contributed by atoms with van der Waals surface area (Å²) in [6, 6.07) is 6.96. The summed E-state index contributed by atoms with van der Waals surface area (Å²) in [5, 5.41) is 0. The van der Waals surface area contributed by atoms with Crippen LogP contribution in [0.1, 0.15) is 52.9 Å². The summed E-state index contributed by atoms with van der Waals surface area (Å²) in [7, 11) is 0. The maximum Gasteiger partial charge on any atom is -1.00 e. The first-order valence-electron chi connectivity index (χ1n) is 8.31. The number of allylic oxidation sites excluding steroid dienone is 7. The molecule has 125 valence electrons. The van der Waals surface area contributed by atoms with Crippen molar-refractivity contribution in [2.24, 2.45) is 0 Å². The van der Waals surface area contributed by atoms with Crippen LogP contribution in [0.2, 0.25) is 0 Å². The van der Waals surface area contributed by atoms with E-state index in [2.05, 4.69) is 56.0 Å². The van der Waals surface area contributed by atoms with Crippen LogP contribution in [-0.4, -0.2) is 0 Å². The van der Waals surface area contributed by atoms with Crippen molar-refractivity contribution in [1.82, 2.24) is 0 Å². The normalized spacial score (nSPS) is 18.0. The van der Waals surface area contributed by atoms with Crippen molar-refractivity contribution in [2.75, 3.05) is 0 Å². The molecule has 2 aliphatic carbocycles. The molecule has 0 spiro atoms. The maximum atomic E-state index is 4.00. The second-order valence-corrected chi connectivity index (χ2v) is 7.55. The van der Waals surface area contributed by atoms with E-state index in [-0.39, 0.29) is 24.8 Å². The van der Waals surface area contributed by atoms with Crippen LogP contribution in [0.25, 0.3) is 5.57 Å². The van der Waals surface area contributed by atoms with Gasteiger partial charge in [0.1, 0.15) is 0 Å². The van der Waals surface area contributed by atoms with Gasteiger partial charge in [0.05, 0.1) is 0 Å². The third-order valence-electron chi connectivity index (χ3n) is 4.67. The van der Waals surface area contributed by atoms with Gasteiger partial charge in [-0.05, 0) is 0 Å². The Kier molecular flexibility index (Phi) is 8.99. The quantitative estimate of drug-likeness (QED) is 0.544. The Morgan fingerprint density at radius 3 is 2.71 bits per heavy atom. The summed E-state index contributed by atoms with van der Waals surface area (Å²) in [5.74, 6) is 0. The van der Waals surface area contributed by atoms with Crippen LogP contribution in [0.15, 0.2) is 60.2 Å². The summed E-state index contributed by atoms with van der Waals surface area (Å²) in [6.45, 7) is 6.27. The van der Waals surface area contributed by atoms with Crippen molar-refractivity contribution in [3.63, 3.8) is 0 Å². The van der Waals surface area contributed by atoms with E-state index in [4.69, 9.17) is 0 Å². The predicted molar refractivity (Wildman–Crippen MR) is 91.4 cm³/mol. The summed E-state index contributed by atoms with van der Waals surface area (Å²) in [4.78, 5) is 0. The third-order valence-corrected chi connectivity index (χ3v) is 6.29. The van der Waals surface area contributed by atoms with Gasteiger partial charge in [0.2, 0.25) is 0 Å². The van der Waals surface area contributed by atoms with E-state index in [0.717, 1.165) is 12.8 Å². The molecule has 1 aromatic carbocycles. The SMILES string of the molecule is C=CCC1=C(C2=CC=CC2)c2c(CCCC)cccc2[CH]1[Zr+2].[Cl-].[Cl-]. The average molecular weight is 438 g/mol. The number of rotatable bonds is 6. The maximum absolute atomic E-state index is 4.00. The fraction of sp³-hybridized carbons (Fsp3) is 0.333. The van der Waals surface area contributed by atoms with Crippen LogP contribution in [-0.2, 0) is 31.1 Å². The second kappa shape index (κ2) is 9.95. The molecule has 0 heterocycles. The Balaban J connectivity index is 0.00000144. The second-order valence-electron chi connectivity index (χ2n) is 6.14. The fourth-order valence-corrected chi connectivity index (χ4v) is 4.84. The summed E-state index contributed by atoms with van der Waals surface area (Å²) >= 11 is 1.60. The van der Waals surface area contributed by atoms with Gasteiger partial charge in [0.15, 0.2) is 0 Å². The Morgan fingerprint density at radius 1 is 1.29 bits per heavy atom. The van der Waals surface area contributed by atoms with E-state index in [1.54, 1.807) is 52.6 Å². The number of benzene rings is 1. The molecule has 1 aromatic rings. The first-order chi connectivity index (χ1) is 10.8. The summed E-state index contributed by atoms with van der Waals surface area (Å²) in [5.41, 5.74) is 9.33. The van der Waals surface area contributed by atoms with Gasteiger partial charge in [-0.1, -0.05) is 0 Å². The minimum Gasteiger partial charge on any atom is -1.00 e. The largest absolute Gasteiger partial charge is 1.00 e. The first-order valence-corrected chi connectivity index (χ1v) is 9.73. The van der Waals surface area contributed by atoms with Gasteiger partial charge in [-0.3, -0.25) is 0 Å². The molecule has 0 saturated heterocycles. The Bertz CT molecular complexity index is 683. The smallest absolute Gasteiger partial charge is 1.00 e. The minimum absolute atomic E-state index is 0. The molecule has 3 heteroatoms. The number of fused-ring (bicyclic) bond motifs is 1. The van der Waals surface area contributed by atoms with Gasteiger partial charge >= 0.3 is 150 Å². The average Bonchev–Trinajstić information content (AvgIpc) is 3.14. The Morgan fingerprint density at radius 2 is 2.08 bits per heavy atom. The zero-order valence-corrected chi connectivity index (χ0v) is 18.1. The van der Waals surface area contributed by atoms with Gasteiger partial charge in [0, 0.05) is 0 Å². The molecule has 1 unspecified atom stereocenters. The zero-order chi connectivity index (χ0) is 15.5. The van der Waals surface area contributed by atoms with Crippen LogP contribution in [0.3, 0.4) is 0 Å². The van der Waals surface area contributed by atoms with Gasteiger partial charge in [-0.15, -0.1) is 0 Å². The number of unbranched alkanes of at least 4 members (excludes halogenated alkanes) is 1. The van der Waals surface area contributed by atoms with Crippen molar-refractivity contribution in [3.05, 3.63) is 76.9 Å². The van der Waals surface area contributed by atoms with E-state index >= 15 is 0 Å². The van der Waals surface area contributed by atoms with Gasteiger partial charge in [-0.2, -0.15) is 0 Å². The van der Waals surface area contributed by atoms with E-state index in [9.17, 15) is 0 Å². The van der Waals surface area contributed by atoms with Gasteiger partial charge in [0.25, 0.3) is 0 Å². The molecular formula is C21H23Cl2Zr. The summed E-state index contributed by atoms with van der Waals surface area (Å²) in [6.07, 6.45) is 14.7. The molecule has 24 heavy (non-hydrogen) atoms. The van der Waals surface area contributed by atoms with Crippen molar-refractivity contribution < 1.29 is 49.5 Å². The minimum atomic E-state index is 0. The number of hydrogen-bond acceptors (Lipinski definition) is 0. The first kappa shape index (κ1) is 21.7. The molecule has 0 nitrogen and oxygen atoms in total. The summed E-state index contributed by atoms with van der Waals surface area (Å²) < 4.78 is 0.610. The molecule has 2 aliphatic rings. The molecule has 0 bridgehead atoms. The predicted octanol–water partition coefficient (Wildman–Crippen LogP) is -0.145. The zero-order valence-electron chi connectivity index (χ0n) is 14.1. The molecule has 0 aromatic heterocycles. The molecule has 3 rings (SSSR count). The van der Waals surface area contributed by atoms with Gasteiger partial charge in [-0.25, -0.2) is 0 Å². The van der Waals surface area contributed by atoms with E-state index < -0.39 is 0 Å². The van der Waals surface area contributed by atoms with Crippen molar-refractivity contribution >= 4 is 5.57 Å². The number of aryl methyl sites for hydroxylation is 1. The van der Waals surface area contributed by atoms with E-state index in [1.807, 2.05) is 0 Å². The Labute approximate surface area is 173 Å². The standard InChI is InChI=1S/C21H23.2ClH.Zr/c1-3-5-10-16-13-8-14-19-15-18(9-4-2)20(21(16)19)17-11-6-7-12-17;;;/h4,6-8,11,13-15H,2-3,5,9-10,12H2,1H3;2*1H;/q;;;+2/p-2. The third kappa shape index (κ3) is 4.06. The number of halogens is 2. The van der Waals surface area contributed by atoms with Crippen molar-refractivity contribution in [3.8, 4) is 0 Å². The topological polar surface area (TPSA) is 0 Å². The number of hydrogen-bond donors (Lipinski definition) is 0. The molecule has 0 radical (unpaired) electrons. The fourth-order valence-electron chi connectivity index (χ4n) is 3.61. The molecule has 0 fully saturated rings. The molecular weight excluding hydrogens is 414 g/mol. The van der Waals surface area contributed by atoms with Crippen LogP contribution in [0.4, 0.5) is 0 Å².